The second-order valence-corrected chi connectivity index (χ2v) is 9.23. The van der Waals surface area contributed by atoms with Gasteiger partial charge in [0.15, 0.2) is 0 Å². The third kappa shape index (κ3) is 7.00. The lowest BCUT2D eigenvalue weighted by Gasteiger charge is -2.29. The second-order valence-electron chi connectivity index (χ2n) is 9.23. The topological polar surface area (TPSA) is 32.7 Å². The predicted octanol–water partition coefficient (Wildman–Crippen LogP) is 8.23. The fourth-order valence-electron chi connectivity index (χ4n) is 4.57. The molecular formula is C33H33F2NO2. The lowest BCUT2D eigenvalue weighted by molar-refractivity contribution is 0.270. The van der Waals surface area contributed by atoms with E-state index in [9.17, 15) is 13.9 Å². The van der Waals surface area contributed by atoms with E-state index in [4.69, 9.17) is 4.74 Å². The number of aliphatic hydroxyl groups is 1. The van der Waals surface area contributed by atoms with E-state index < -0.39 is 0 Å². The molecule has 3 nitrogen and oxygen atoms in total. The zero-order valence-electron chi connectivity index (χ0n) is 21.8. The third-order valence-corrected chi connectivity index (χ3v) is 6.60. The first-order valence-electron chi connectivity index (χ1n) is 12.9. The predicted molar refractivity (Wildman–Crippen MR) is 149 cm³/mol. The average molecular weight is 514 g/mol. The van der Waals surface area contributed by atoms with Crippen LogP contribution < -0.4 is 4.74 Å². The normalized spacial score (nSPS) is 14.8. The van der Waals surface area contributed by atoms with Crippen LogP contribution in [0.4, 0.5) is 8.78 Å². The molecule has 196 valence electrons. The molecule has 1 aliphatic rings. The number of nitrogens with zero attached hydrogens (tertiary/aromatic N) is 1. The number of rotatable bonds is 10. The number of aryl methyl sites for hydroxylation is 1. The first-order valence-corrected chi connectivity index (χ1v) is 12.9. The van der Waals surface area contributed by atoms with E-state index in [2.05, 4.69) is 35.4 Å². The molecule has 3 aromatic carbocycles. The largest absolute Gasteiger partial charge is 0.509 e. The smallest absolute Gasteiger partial charge is 0.145 e. The highest BCUT2D eigenvalue weighted by Crippen LogP contribution is 2.36. The highest BCUT2D eigenvalue weighted by Gasteiger charge is 2.22. The van der Waals surface area contributed by atoms with Gasteiger partial charge in [0.1, 0.15) is 29.8 Å². The molecule has 1 heterocycles. The number of hydrogen-bond donors (Lipinski definition) is 1. The molecular weight excluding hydrogens is 480 g/mol. The van der Waals surface area contributed by atoms with E-state index in [1.54, 1.807) is 37.3 Å². The van der Waals surface area contributed by atoms with Gasteiger partial charge in [-0.05, 0) is 97.5 Å². The summed E-state index contributed by atoms with van der Waals surface area (Å²) in [4.78, 5) is 2.24. The molecule has 0 unspecified atom stereocenters. The van der Waals surface area contributed by atoms with Gasteiger partial charge in [0.2, 0.25) is 0 Å². The zero-order valence-corrected chi connectivity index (χ0v) is 21.8. The Morgan fingerprint density at radius 3 is 2.18 bits per heavy atom. The minimum atomic E-state index is -0.286. The highest BCUT2D eigenvalue weighted by molar-refractivity contribution is 5.48. The van der Waals surface area contributed by atoms with E-state index in [-0.39, 0.29) is 29.9 Å². The van der Waals surface area contributed by atoms with Gasteiger partial charge < -0.3 is 14.7 Å². The first-order chi connectivity index (χ1) is 18.5. The summed E-state index contributed by atoms with van der Waals surface area (Å²) in [6.45, 7) is 4.74. The van der Waals surface area contributed by atoms with Crippen molar-refractivity contribution in [2.45, 2.75) is 32.6 Å². The molecule has 0 saturated heterocycles. The van der Waals surface area contributed by atoms with Crippen molar-refractivity contribution in [2.24, 2.45) is 0 Å². The summed E-state index contributed by atoms with van der Waals surface area (Å²) in [5.74, 6) is 0.205. The maximum absolute atomic E-state index is 13.7. The summed E-state index contributed by atoms with van der Waals surface area (Å²) in [5, 5.41) is 9.63. The Morgan fingerprint density at radius 1 is 0.921 bits per heavy atom. The number of halogens is 2. The molecule has 0 fully saturated rings. The molecule has 0 spiro atoms. The number of aliphatic hydroxyl groups excluding tert-OH is 1. The Kier molecular flexibility index (Phi) is 9.15. The Balaban J connectivity index is 1.51. The van der Waals surface area contributed by atoms with Crippen molar-refractivity contribution in [3.05, 3.63) is 149 Å². The maximum atomic E-state index is 13.7. The van der Waals surface area contributed by atoms with Crippen LogP contribution in [0.3, 0.4) is 0 Å². The number of hydrogen-bond acceptors (Lipinski definition) is 3. The van der Waals surface area contributed by atoms with Crippen molar-refractivity contribution in [3.8, 4) is 5.75 Å². The van der Waals surface area contributed by atoms with Gasteiger partial charge in [-0.1, -0.05) is 48.6 Å². The van der Waals surface area contributed by atoms with E-state index in [1.165, 1.54) is 24.3 Å². The van der Waals surface area contributed by atoms with Crippen molar-refractivity contribution in [1.29, 1.82) is 0 Å². The molecule has 1 N–H and O–H groups in total. The summed E-state index contributed by atoms with van der Waals surface area (Å²) in [6, 6.07) is 21.0. The molecule has 3 aromatic rings. The van der Waals surface area contributed by atoms with Gasteiger partial charge in [-0.3, -0.25) is 0 Å². The number of ether oxygens (including phenoxy) is 1. The molecule has 0 aromatic heterocycles. The molecule has 0 radical (unpaired) electrons. The van der Waals surface area contributed by atoms with Gasteiger partial charge in [-0.2, -0.15) is 0 Å². The fourth-order valence-corrected chi connectivity index (χ4v) is 4.57. The zero-order chi connectivity index (χ0) is 26.9. The van der Waals surface area contributed by atoms with Crippen LogP contribution in [0, 0.1) is 11.6 Å². The molecule has 4 rings (SSSR count). The monoisotopic (exact) mass is 513 g/mol. The van der Waals surface area contributed by atoms with Crippen molar-refractivity contribution >= 4 is 0 Å². The molecule has 5 heteroatoms. The van der Waals surface area contributed by atoms with Gasteiger partial charge in [0.25, 0.3) is 0 Å². The van der Waals surface area contributed by atoms with E-state index >= 15 is 0 Å². The van der Waals surface area contributed by atoms with Crippen molar-refractivity contribution in [2.75, 3.05) is 13.2 Å². The van der Waals surface area contributed by atoms with E-state index in [1.807, 2.05) is 25.1 Å². The van der Waals surface area contributed by atoms with Gasteiger partial charge >= 0.3 is 0 Å². The van der Waals surface area contributed by atoms with Crippen LogP contribution in [0.2, 0.25) is 0 Å². The summed E-state index contributed by atoms with van der Waals surface area (Å²) in [7, 11) is 0. The number of allylic oxidation sites excluding steroid dienone is 5. The van der Waals surface area contributed by atoms with Crippen molar-refractivity contribution < 1.29 is 18.6 Å². The summed E-state index contributed by atoms with van der Waals surface area (Å²) in [5.41, 5.74) is 5.20. The van der Waals surface area contributed by atoms with Crippen LogP contribution >= 0.6 is 0 Å². The summed E-state index contributed by atoms with van der Waals surface area (Å²) < 4.78 is 33.0. The molecule has 0 amide bonds. The summed E-state index contributed by atoms with van der Waals surface area (Å²) >= 11 is 0. The van der Waals surface area contributed by atoms with Gasteiger partial charge in [0, 0.05) is 24.4 Å². The second kappa shape index (κ2) is 12.9. The molecule has 38 heavy (non-hydrogen) atoms. The van der Waals surface area contributed by atoms with Gasteiger partial charge in [-0.15, -0.1) is 0 Å². The van der Waals surface area contributed by atoms with Crippen molar-refractivity contribution in [3.63, 3.8) is 0 Å². The molecule has 0 saturated carbocycles. The van der Waals surface area contributed by atoms with Crippen LogP contribution in [-0.4, -0.2) is 23.2 Å². The Morgan fingerprint density at radius 2 is 1.58 bits per heavy atom. The first kappa shape index (κ1) is 26.9. The van der Waals surface area contributed by atoms with E-state index in [0.717, 1.165) is 53.1 Å². The van der Waals surface area contributed by atoms with Crippen LogP contribution in [-0.2, 0) is 6.42 Å². The maximum Gasteiger partial charge on any atom is 0.145 e. The standard InChI is InChI=1S/C33H33F2NO2/c1-3-30-19-14-27(33(25-10-15-28(34)16-11-25)26-12-17-29(35)18-13-26)22-36(30)20-6-8-24-7-5-9-32(21-24)38-23-31(37)4-2/h3-5,7,9-19,21-22,33,37H,6,8,20,23H2,1-2H3. The Bertz CT molecular complexity index is 1290. The van der Waals surface area contributed by atoms with Crippen LogP contribution in [0.1, 0.15) is 42.9 Å². The van der Waals surface area contributed by atoms with Crippen LogP contribution in [0.5, 0.6) is 5.75 Å². The average Bonchev–Trinajstić information content (AvgIpc) is 2.94. The lowest BCUT2D eigenvalue weighted by atomic mass is 9.84. The molecule has 1 aliphatic heterocycles. The third-order valence-electron chi connectivity index (χ3n) is 6.60. The molecule has 0 bridgehead atoms. The van der Waals surface area contributed by atoms with Crippen LogP contribution in [0.15, 0.2) is 120 Å². The Hall–Kier alpha value is -4.12. The summed E-state index contributed by atoms with van der Waals surface area (Å²) in [6.07, 6.45) is 11.8. The molecule has 0 aliphatic carbocycles. The number of benzene rings is 3. The van der Waals surface area contributed by atoms with Crippen LogP contribution in [0.25, 0.3) is 0 Å². The molecule has 0 atom stereocenters. The minimum Gasteiger partial charge on any atom is -0.509 e. The Labute approximate surface area is 223 Å². The highest BCUT2D eigenvalue weighted by atomic mass is 19.1. The van der Waals surface area contributed by atoms with Gasteiger partial charge in [-0.25, -0.2) is 8.78 Å². The lowest BCUT2D eigenvalue weighted by Crippen LogP contribution is -2.22. The minimum absolute atomic E-state index is 0.154. The van der Waals surface area contributed by atoms with Gasteiger partial charge in [0.05, 0.1) is 0 Å². The van der Waals surface area contributed by atoms with Crippen molar-refractivity contribution in [1.82, 2.24) is 4.90 Å². The van der Waals surface area contributed by atoms with E-state index in [0.29, 0.717) is 0 Å². The fraction of sp³-hybridized carbons (Fsp3) is 0.212. The SMILES string of the molecule is CC=C(O)COc1cccc(CCCN2C=C(C(c3ccc(F)cc3)c3ccc(F)cc3)C=CC2=CC)c1. The quantitative estimate of drug-likeness (QED) is 0.277.